The average Bonchev–Trinajstić information content (AvgIpc) is 2.59. The molecule has 0 radical (unpaired) electrons. The number of ether oxygens (including phenoxy) is 1. The van der Waals surface area contributed by atoms with Crippen LogP contribution >= 0.6 is 15.9 Å². The Kier molecular flexibility index (Phi) is 3.38. The van der Waals surface area contributed by atoms with E-state index >= 15 is 0 Å². The molecule has 1 heterocycles. The monoisotopic (exact) mass is 295 g/mol. The van der Waals surface area contributed by atoms with Crippen LogP contribution < -0.4 is 10.5 Å². The molecular formula is C12H14BrN3O. The predicted octanol–water partition coefficient (Wildman–Crippen LogP) is 2.83. The van der Waals surface area contributed by atoms with Gasteiger partial charge in [-0.15, -0.1) is 0 Å². The summed E-state index contributed by atoms with van der Waals surface area (Å²) >= 11 is 3.48. The van der Waals surface area contributed by atoms with E-state index in [9.17, 15) is 0 Å². The Labute approximate surface area is 109 Å². The summed E-state index contributed by atoms with van der Waals surface area (Å²) in [6, 6.07) is 7.79. The summed E-state index contributed by atoms with van der Waals surface area (Å²) in [5.74, 6) is 1.34. The largest absolute Gasteiger partial charge is 0.494 e. The standard InChI is InChI=1S/C12H14BrN3O/c1-3-17-9-6-4-8(5-7-9)10-11(13)16(2)12(14)15-10/h4-7H,3H2,1-2H3,(H2,14,15). The Balaban J connectivity index is 2.36. The van der Waals surface area contributed by atoms with E-state index in [-0.39, 0.29) is 0 Å². The number of nitrogens with zero attached hydrogens (tertiary/aromatic N) is 2. The van der Waals surface area contributed by atoms with Crippen LogP contribution in [-0.2, 0) is 7.05 Å². The Morgan fingerprint density at radius 3 is 2.47 bits per heavy atom. The molecule has 90 valence electrons. The first-order valence-electron chi connectivity index (χ1n) is 5.34. The van der Waals surface area contributed by atoms with Gasteiger partial charge >= 0.3 is 0 Å². The molecule has 1 aromatic carbocycles. The second-order valence-electron chi connectivity index (χ2n) is 3.63. The van der Waals surface area contributed by atoms with Crippen LogP contribution in [0.3, 0.4) is 0 Å². The number of anilines is 1. The van der Waals surface area contributed by atoms with Crippen LogP contribution in [0.2, 0.25) is 0 Å². The van der Waals surface area contributed by atoms with Crippen molar-refractivity contribution < 1.29 is 4.74 Å². The third-order valence-corrected chi connectivity index (χ3v) is 3.41. The zero-order chi connectivity index (χ0) is 12.4. The van der Waals surface area contributed by atoms with Crippen LogP contribution in [0, 0.1) is 0 Å². The Hall–Kier alpha value is -1.49. The maximum atomic E-state index is 5.75. The highest BCUT2D eigenvalue weighted by molar-refractivity contribution is 9.10. The van der Waals surface area contributed by atoms with Crippen molar-refractivity contribution in [2.24, 2.45) is 7.05 Å². The van der Waals surface area contributed by atoms with Gasteiger partial charge in [-0.25, -0.2) is 4.98 Å². The molecule has 0 aliphatic carbocycles. The molecule has 0 bridgehead atoms. The number of halogens is 1. The van der Waals surface area contributed by atoms with Crippen molar-refractivity contribution in [3.8, 4) is 17.0 Å². The number of aromatic nitrogens is 2. The van der Waals surface area contributed by atoms with Crippen LogP contribution in [0.5, 0.6) is 5.75 Å². The minimum absolute atomic E-state index is 0.487. The molecule has 0 aliphatic rings. The minimum Gasteiger partial charge on any atom is -0.494 e. The highest BCUT2D eigenvalue weighted by atomic mass is 79.9. The van der Waals surface area contributed by atoms with Crippen molar-refractivity contribution in [1.29, 1.82) is 0 Å². The topological polar surface area (TPSA) is 53.1 Å². The first-order chi connectivity index (χ1) is 8.13. The summed E-state index contributed by atoms with van der Waals surface area (Å²) in [7, 11) is 1.87. The zero-order valence-electron chi connectivity index (χ0n) is 9.77. The lowest BCUT2D eigenvalue weighted by Crippen LogP contribution is -1.96. The van der Waals surface area contributed by atoms with E-state index < -0.39 is 0 Å². The number of benzene rings is 1. The molecule has 0 saturated carbocycles. The fourth-order valence-corrected chi connectivity index (χ4v) is 2.05. The van der Waals surface area contributed by atoms with E-state index in [4.69, 9.17) is 10.5 Å². The van der Waals surface area contributed by atoms with Crippen LogP contribution in [0.4, 0.5) is 5.95 Å². The minimum atomic E-state index is 0.487. The van der Waals surface area contributed by atoms with Crippen molar-refractivity contribution in [2.75, 3.05) is 12.3 Å². The molecule has 0 saturated heterocycles. The average molecular weight is 296 g/mol. The second-order valence-corrected chi connectivity index (χ2v) is 4.38. The number of rotatable bonds is 3. The van der Waals surface area contributed by atoms with Crippen molar-refractivity contribution in [1.82, 2.24) is 9.55 Å². The number of nitrogens with two attached hydrogens (primary N) is 1. The molecule has 2 aromatic rings. The number of nitrogen functional groups attached to an aromatic ring is 1. The number of imidazole rings is 1. The number of hydrogen-bond acceptors (Lipinski definition) is 3. The molecule has 5 heteroatoms. The molecule has 0 atom stereocenters. The van der Waals surface area contributed by atoms with Crippen LogP contribution in [0.15, 0.2) is 28.9 Å². The summed E-state index contributed by atoms with van der Waals surface area (Å²) < 4.78 is 8.07. The summed E-state index contributed by atoms with van der Waals surface area (Å²) in [6.07, 6.45) is 0. The van der Waals surface area contributed by atoms with Gasteiger partial charge in [-0.3, -0.25) is 0 Å². The van der Waals surface area contributed by atoms with E-state index in [0.717, 1.165) is 21.6 Å². The third-order valence-electron chi connectivity index (χ3n) is 2.50. The van der Waals surface area contributed by atoms with Crippen LogP contribution in [0.1, 0.15) is 6.92 Å². The molecule has 2 rings (SSSR count). The third kappa shape index (κ3) is 2.29. The fraction of sp³-hybridized carbons (Fsp3) is 0.250. The van der Waals surface area contributed by atoms with Gasteiger partial charge in [-0.1, -0.05) is 0 Å². The first-order valence-corrected chi connectivity index (χ1v) is 6.13. The summed E-state index contributed by atoms with van der Waals surface area (Å²) in [4.78, 5) is 4.31. The van der Waals surface area contributed by atoms with E-state index in [1.165, 1.54) is 0 Å². The van der Waals surface area contributed by atoms with Crippen molar-refractivity contribution in [3.05, 3.63) is 28.9 Å². The zero-order valence-corrected chi connectivity index (χ0v) is 11.4. The normalized spacial score (nSPS) is 10.5. The van der Waals surface area contributed by atoms with Gasteiger partial charge in [0.1, 0.15) is 16.0 Å². The molecule has 0 fully saturated rings. The van der Waals surface area contributed by atoms with E-state index in [1.54, 1.807) is 4.57 Å². The van der Waals surface area contributed by atoms with Gasteiger partial charge in [-0.2, -0.15) is 0 Å². The first kappa shape index (κ1) is 12.0. The molecule has 2 N–H and O–H groups in total. The van der Waals surface area contributed by atoms with Gasteiger partial charge < -0.3 is 15.0 Å². The quantitative estimate of drug-likeness (QED) is 0.947. The summed E-state index contributed by atoms with van der Waals surface area (Å²) in [5.41, 5.74) is 7.60. The molecule has 4 nitrogen and oxygen atoms in total. The van der Waals surface area contributed by atoms with Gasteiger partial charge in [0.2, 0.25) is 5.95 Å². The van der Waals surface area contributed by atoms with Crippen molar-refractivity contribution in [3.63, 3.8) is 0 Å². The molecular weight excluding hydrogens is 282 g/mol. The molecule has 0 amide bonds. The number of hydrogen-bond donors (Lipinski definition) is 1. The summed E-state index contributed by atoms with van der Waals surface area (Å²) in [6.45, 7) is 2.63. The SMILES string of the molecule is CCOc1ccc(-c2nc(N)n(C)c2Br)cc1. The van der Waals surface area contributed by atoms with Crippen LogP contribution in [0.25, 0.3) is 11.3 Å². The highest BCUT2D eigenvalue weighted by Gasteiger charge is 2.11. The van der Waals surface area contributed by atoms with E-state index in [1.807, 2.05) is 38.2 Å². The molecule has 0 aliphatic heterocycles. The Morgan fingerprint density at radius 2 is 2.00 bits per heavy atom. The lowest BCUT2D eigenvalue weighted by molar-refractivity contribution is 0.340. The van der Waals surface area contributed by atoms with Crippen molar-refractivity contribution >= 4 is 21.9 Å². The molecule has 1 aromatic heterocycles. The highest BCUT2D eigenvalue weighted by Crippen LogP contribution is 2.29. The second kappa shape index (κ2) is 4.79. The van der Waals surface area contributed by atoms with Gasteiger partial charge in [-0.05, 0) is 47.1 Å². The maximum absolute atomic E-state index is 5.75. The maximum Gasteiger partial charge on any atom is 0.201 e. The summed E-state index contributed by atoms with van der Waals surface area (Å²) in [5, 5.41) is 0. The van der Waals surface area contributed by atoms with E-state index in [2.05, 4.69) is 20.9 Å². The lowest BCUT2D eigenvalue weighted by Gasteiger charge is -2.03. The predicted molar refractivity (Wildman–Crippen MR) is 71.9 cm³/mol. The Bertz CT molecular complexity index is 519. The lowest BCUT2D eigenvalue weighted by atomic mass is 10.2. The van der Waals surface area contributed by atoms with E-state index in [0.29, 0.717) is 12.6 Å². The van der Waals surface area contributed by atoms with Gasteiger partial charge in [0, 0.05) is 12.6 Å². The molecule has 17 heavy (non-hydrogen) atoms. The van der Waals surface area contributed by atoms with Gasteiger partial charge in [0.15, 0.2) is 0 Å². The van der Waals surface area contributed by atoms with Crippen LogP contribution in [-0.4, -0.2) is 16.2 Å². The van der Waals surface area contributed by atoms with Gasteiger partial charge in [0.05, 0.1) is 6.61 Å². The molecule has 0 spiro atoms. The molecule has 0 unspecified atom stereocenters. The van der Waals surface area contributed by atoms with Gasteiger partial charge in [0.25, 0.3) is 0 Å². The van der Waals surface area contributed by atoms with Crippen molar-refractivity contribution in [2.45, 2.75) is 6.92 Å². The smallest absolute Gasteiger partial charge is 0.201 e. The Morgan fingerprint density at radius 1 is 1.35 bits per heavy atom. The fourth-order valence-electron chi connectivity index (χ4n) is 1.55.